The maximum Gasteiger partial charge on any atom is 0.249 e. The number of aromatic amines is 1. The fourth-order valence-corrected chi connectivity index (χ4v) is 5.28. The molecule has 2 aromatic rings. The molecular formula is C22H24F4N2O2. The molecule has 1 aromatic carbocycles. The minimum absolute atomic E-state index is 0.0698. The summed E-state index contributed by atoms with van der Waals surface area (Å²) in [6.07, 6.45) is -0.338. The SMILES string of the molecule is NC(=O)c1cccc2[nH]c([C@@H]3CC(F)(F)CCC3C3CCC(F)(F)CC3)cc(=O)c12. The van der Waals surface area contributed by atoms with E-state index in [1.165, 1.54) is 12.1 Å². The van der Waals surface area contributed by atoms with E-state index in [4.69, 9.17) is 5.73 Å². The second kappa shape index (κ2) is 7.39. The Balaban J connectivity index is 1.74. The number of aromatic nitrogens is 1. The summed E-state index contributed by atoms with van der Waals surface area (Å²) in [5.41, 5.74) is 5.69. The van der Waals surface area contributed by atoms with Crippen LogP contribution in [0.3, 0.4) is 0 Å². The molecule has 2 aliphatic rings. The van der Waals surface area contributed by atoms with Crippen molar-refractivity contribution in [3.8, 4) is 0 Å². The topological polar surface area (TPSA) is 76.0 Å². The van der Waals surface area contributed by atoms with Gasteiger partial charge in [0.1, 0.15) is 0 Å². The summed E-state index contributed by atoms with van der Waals surface area (Å²) in [5, 5.41) is 0.130. The number of hydrogen-bond acceptors (Lipinski definition) is 2. The van der Waals surface area contributed by atoms with Gasteiger partial charge in [0, 0.05) is 43.4 Å². The number of halogens is 4. The number of nitrogens with two attached hydrogens (primary N) is 1. The van der Waals surface area contributed by atoms with E-state index >= 15 is 0 Å². The predicted molar refractivity (Wildman–Crippen MR) is 105 cm³/mol. The molecule has 4 rings (SSSR count). The Morgan fingerprint density at radius 2 is 1.70 bits per heavy atom. The Morgan fingerprint density at radius 3 is 2.37 bits per heavy atom. The van der Waals surface area contributed by atoms with Gasteiger partial charge in [0.2, 0.25) is 17.8 Å². The zero-order chi connectivity index (χ0) is 21.7. The molecule has 2 atom stereocenters. The van der Waals surface area contributed by atoms with E-state index in [1.807, 2.05) is 0 Å². The molecule has 0 saturated heterocycles. The lowest BCUT2D eigenvalue weighted by Crippen LogP contribution is -2.38. The van der Waals surface area contributed by atoms with Gasteiger partial charge in [-0.3, -0.25) is 9.59 Å². The molecule has 30 heavy (non-hydrogen) atoms. The summed E-state index contributed by atoms with van der Waals surface area (Å²) in [6, 6.07) is 5.88. The number of H-pyrrole nitrogens is 1. The van der Waals surface area contributed by atoms with Crippen LogP contribution < -0.4 is 11.2 Å². The maximum absolute atomic E-state index is 14.3. The first-order valence-electron chi connectivity index (χ1n) is 10.3. The molecule has 0 radical (unpaired) electrons. The zero-order valence-electron chi connectivity index (χ0n) is 16.4. The molecular weight excluding hydrogens is 400 g/mol. The van der Waals surface area contributed by atoms with E-state index in [2.05, 4.69) is 4.98 Å². The van der Waals surface area contributed by atoms with Crippen LogP contribution in [-0.2, 0) is 0 Å². The summed E-state index contributed by atoms with van der Waals surface area (Å²) in [6.45, 7) is 0. The molecule has 162 valence electrons. The van der Waals surface area contributed by atoms with Gasteiger partial charge >= 0.3 is 0 Å². The Morgan fingerprint density at radius 1 is 1.03 bits per heavy atom. The van der Waals surface area contributed by atoms with Crippen molar-refractivity contribution in [1.82, 2.24) is 4.98 Å². The predicted octanol–water partition coefficient (Wildman–Crippen LogP) is 4.97. The van der Waals surface area contributed by atoms with Gasteiger partial charge in [0.15, 0.2) is 5.43 Å². The Hall–Kier alpha value is -2.38. The first-order chi connectivity index (χ1) is 14.1. The number of benzene rings is 1. The molecule has 2 saturated carbocycles. The maximum atomic E-state index is 14.3. The number of amides is 1. The first-order valence-corrected chi connectivity index (χ1v) is 10.3. The minimum atomic E-state index is -2.87. The third-order valence-electron chi connectivity index (χ3n) is 6.79. The highest BCUT2D eigenvalue weighted by atomic mass is 19.3. The average molecular weight is 424 g/mol. The molecule has 3 N–H and O–H groups in total. The number of pyridine rings is 1. The number of nitrogens with one attached hydrogen (secondary N) is 1. The van der Waals surface area contributed by atoms with E-state index in [0.29, 0.717) is 24.1 Å². The van der Waals surface area contributed by atoms with Crippen LogP contribution in [-0.4, -0.2) is 22.7 Å². The standard InChI is InChI=1S/C22H24F4N2O2/c23-21(24)7-4-12(5-8-21)13-6-9-22(25,26)11-15(13)17-10-18(29)19-14(20(27)30)2-1-3-16(19)28-17/h1-3,10,12-13,15H,4-9,11H2,(H2,27,30)(H,28,29)/t13?,15-/m1/s1. The normalized spacial score (nSPS) is 26.5. The number of alkyl halides is 4. The molecule has 0 aliphatic heterocycles. The fraction of sp³-hybridized carbons (Fsp3) is 0.545. The average Bonchev–Trinajstić information content (AvgIpc) is 2.67. The number of hydrogen-bond donors (Lipinski definition) is 2. The Kier molecular flexibility index (Phi) is 5.14. The van der Waals surface area contributed by atoms with Crippen LogP contribution in [0.4, 0.5) is 17.6 Å². The van der Waals surface area contributed by atoms with Crippen LogP contribution in [0.25, 0.3) is 10.9 Å². The van der Waals surface area contributed by atoms with E-state index in [1.54, 1.807) is 12.1 Å². The molecule has 0 spiro atoms. The van der Waals surface area contributed by atoms with Crippen LogP contribution in [0.1, 0.15) is 66.9 Å². The van der Waals surface area contributed by atoms with Crippen LogP contribution in [0.5, 0.6) is 0 Å². The summed E-state index contributed by atoms with van der Waals surface area (Å²) >= 11 is 0. The summed E-state index contributed by atoms with van der Waals surface area (Å²) in [5.74, 6) is -7.23. The number of fused-ring (bicyclic) bond motifs is 1. The lowest BCUT2D eigenvalue weighted by molar-refractivity contribution is -0.0840. The van der Waals surface area contributed by atoms with Crippen LogP contribution in [0.2, 0.25) is 0 Å². The van der Waals surface area contributed by atoms with Gasteiger partial charge in [-0.2, -0.15) is 0 Å². The quantitative estimate of drug-likeness (QED) is 0.683. The summed E-state index contributed by atoms with van der Waals surface area (Å²) in [7, 11) is 0. The molecule has 1 aromatic heterocycles. The van der Waals surface area contributed by atoms with Gasteiger partial charge in [-0.05, 0) is 43.2 Å². The van der Waals surface area contributed by atoms with Gasteiger partial charge in [-0.25, -0.2) is 17.6 Å². The van der Waals surface area contributed by atoms with Crippen molar-refractivity contribution >= 4 is 16.8 Å². The number of rotatable bonds is 3. The van der Waals surface area contributed by atoms with Crippen molar-refractivity contribution in [1.29, 1.82) is 0 Å². The van der Waals surface area contributed by atoms with Crippen molar-refractivity contribution in [3.05, 3.63) is 45.7 Å². The van der Waals surface area contributed by atoms with Crippen molar-refractivity contribution in [2.75, 3.05) is 0 Å². The van der Waals surface area contributed by atoms with E-state index in [0.717, 1.165) is 0 Å². The highest BCUT2D eigenvalue weighted by molar-refractivity contribution is 6.05. The number of primary amides is 1. The smallest absolute Gasteiger partial charge is 0.249 e. The third kappa shape index (κ3) is 3.96. The second-order valence-electron chi connectivity index (χ2n) is 8.74. The van der Waals surface area contributed by atoms with Gasteiger partial charge < -0.3 is 10.7 Å². The lowest BCUT2D eigenvalue weighted by atomic mass is 9.65. The zero-order valence-corrected chi connectivity index (χ0v) is 16.4. The van der Waals surface area contributed by atoms with Crippen molar-refractivity contribution in [2.45, 2.75) is 62.7 Å². The Bertz CT molecular complexity index is 1020. The Labute approximate surface area is 170 Å². The van der Waals surface area contributed by atoms with Crippen LogP contribution in [0, 0.1) is 11.8 Å². The monoisotopic (exact) mass is 424 g/mol. The van der Waals surface area contributed by atoms with Gasteiger partial charge in [-0.15, -0.1) is 0 Å². The van der Waals surface area contributed by atoms with Crippen LogP contribution >= 0.6 is 0 Å². The fourth-order valence-electron chi connectivity index (χ4n) is 5.28. The molecule has 2 aliphatic carbocycles. The highest BCUT2D eigenvalue weighted by Crippen LogP contribution is 2.51. The minimum Gasteiger partial charge on any atom is -0.366 e. The molecule has 1 unspecified atom stereocenters. The van der Waals surface area contributed by atoms with E-state index < -0.39 is 35.5 Å². The van der Waals surface area contributed by atoms with E-state index in [-0.39, 0.29) is 48.5 Å². The highest BCUT2D eigenvalue weighted by Gasteiger charge is 2.47. The van der Waals surface area contributed by atoms with Gasteiger partial charge in [0.05, 0.1) is 16.5 Å². The van der Waals surface area contributed by atoms with Crippen LogP contribution in [0.15, 0.2) is 29.1 Å². The molecule has 1 heterocycles. The third-order valence-corrected chi connectivity index (χ3v) is 6.79. The van der Waals surface area contributed by atoms with Gasteiger partial charge in [-0.1, -0.05) is 6.07 Å². The van der Waals surface area contributed by atoms with Crippen molar-refractivity contribution in [2.24, 2.45) is 17.6 Å². The van der Waals surface area contributed by atoms with Crippen molar-refractivity contribution < 1.29 is 22.4 Å². The summed E-state index contributed by atoms with van der Waals surface area (Å²) < 4.78 is 55.9. The molecule has 0 bridgehead atoms. The van der Waals surface area contributed by atoms with Gasteiger partial charge in [0.25, 0.3) is 0 Å². The lowest BCUT2D eigenvalue weighted by Gasteiger charge is -2.42. The molecule has 2 fully saturated rings. The largest absolute Gasteiger partial charge is 0.366 e. The molecule has 4 nitrogen and oxygen atoms in total. The number of carbonyl (C=O) groups excluding carboxylic acids is 1. The summed E-state index contributed by atoms with van der Waals surface area (Å²) in [4.78, 5) is 27.5. The van der Waals surface area contributed by atoms with E-state index in [9.17, 15) is 27.2 Å². The molecule has 8 heteroatoms. The molecule has 1 amide bonds. The first kappa shape index (κ1) is 20.9. The number of carbonyl (C=O) groups is 1. The second-order valence-corrected chi connectivity index (χ2v) is 8.74. The van der Waals surface area contributed by atoms with Crippen molar-refractivity contribution in [3.63, 3.8) is 0 Å².